The zero-order chi connectivity index (χ0) is 11.8. The molecular weight excluding hydrogens is 214 g/mol. The fourth-order valence-corrected chi connectivity index (χ4v) is 2.11. The Bertz CT molecular complexity index is 653. The topological polar surface area (TPSA) is 57.0 Å². The number of benzene rings is 1. The Morgan fingerprint density at radius 3 is 3.00 bits per heavy atom. The Balaban J connectivity index is 2.18. The van der Waals surface area contributed by atoms with Gasteiger partial charge in [-0.05, 0) is 24.6 Å². The molecule has 0 radical (unpaired) electrons. The molecule has 0 saturated carbocycles. The molecule has 3 rings (SSSR count). The zero-order valence-corrected chi connectivity index (χ0v) is 9.55. The van der Waals surface area contributed by atoms with Crippen LogP contribution in [-0.2, 0) is 6.54 Å². The first-order valence-corrected chi connectivity index (χ1v) is 5.48. The lowest BCUT2D eigenvalue weighted by molar-refractivity contribution is 0.562. The Morgan fingerprint density at radius 2 is 2.24 bits per heavy atom. The third-order valence-corrected chi connectivity index (χ3v) is 2.92. The predicted octanol–water partition coefficient (Wildman–Crippen LogP) is 2.57. The second-order valence-electron chi connectivity index (χ2n) is 4.13. The maximum Gasteiger partial charge on any atom is 0.201 e. The Morgan fingerprint density at radius 1 is 1.35 bits per heavy atom. The Hall–Kier alpha value is -2.23. The summed E-state index contributed by atoms with van der Waals surface area (Å²) in [6, 6.07) is 7.97. The monoisotopic (exact) mass is 227 g/mol. The van der Waals surface area contributed by atoms with Crippen LogP contribution in [0.1, 0.15) is 11.1 Å². The van der Waals surface area contributed by atoms with Gasteiger partial charge in [-0.1, -0.05) is 12.1 Å². The summed E-state index contributed by atoms with van der Waals surface area (Å²) in [4.78, 5) is 4.36. The number of imidazole rings is 1. The van der Waals surface area contributed by atoms with E-state index in [9.17, 15) is 0 Å². The van der Waals surface area contributed by atoms with Crippen molar-refractivity contribution in [1.29, 1.82) is 0 Å². The quantitative estimate of drug-likeness (QED) is 0.732. The van der Waals surface area contributed by atoms with Gasteiger partial charge in [-0.25, -0.2) is 4.98 Å². The lowest BCUT2D eigenvalue weighted by Gasteiger charge is -2.06. The van der Waals surface area contributed by atoms with E-state index in [1.54, 1.807) is 12.5 Å². The third-order valence-electron chi connectivity index (χ3n) is 2.92. The van der Waals surface area contributed by atoms with Crippen LogP contribution in [0.15, 0.2) is 41.2 Å². The summed E-state index contributed by atoms with van der Waals surface area (Å²) in [6.45, 7) is 2.75. The summed E-state index contributed by atoms with van der Waals surface area (Å²) in [5.41, 5.74) is 10.2. The van der Waals surface area contributed by atoms with Gasteiger partial charge in [-0.2, -0.15) is 0 Å². The van der Waals surface area contributed by atoms with Crippen LogP contribution in [0.2, 0.25) is 0 Å². The highest BCUT2D eigenvalue weighted by atomic mass is 16.3. The molecule has 86 valence electrons. The van der Waals surface area contributed by atoms with Crippen LogP contribution in [0.5, 0.6) is 0 Å². The molecule has 0 unspecified atom stereocenters. The second kappa shape index (κ2) is 3.66. The summed E-state index contributed by atoms with van der Waals surface area (Å²) in [6.07, 6.45) is 3.39. The van der Waals surface area contributed by atoms with Crippen molar-refractivity contribution < 1.29 is 4.42 Å². The first kappa shape index (κ1) is 9.96. The number of nitrogen functional groups attached to an aromatic ring is 1. The summed E-state index contributed by atoms with van der Waals surface area (Å²) in [7, 11) is 0. The molecule has 0 spiro atoms. The van der Waals surface area contributed by atoms with Crippen molar-refractivity contribution in [2.45, 2.75) is 13.5 Å². The first-order chi connectivity index (χ1) is 8.25. The summed E-state index contributed by atoms with van der Waals surface area (Å²) < 4.78 is 7.08. The number of furan rings is 1. The van der Waals surface area contributed by atoms with E-state index in [1.807, 2.05) is 22.8 Å². The van der Waals surface area contributed by atoms with Crippen LogP contribution in [0.4, 0.5) is 5.95 Å². The molecule has 0 aliphatic heterocycles. The number of fused-ring (bicyclic) bond motifs is 1. The van der Waals surface area contributed by atoms with Crippen LogP contribution in [0, 0.1) is 6.92 Å². The van der Waals surface area contributed by atoms with Gasteiger partial charge >= 0.3 is 0 Å². The Labute approximate surface area is 98.7 Å². The molecule has 17 heavy (non-hydrogen) atoms. The first-order valence-electron chi connectivity index (χ1n) is 5.48. The number of anilines is 1. The van der Waals surface area contributed by atoms with Gasteiger partial charge in [0.2, 0.25) is 5.95 Å². The maximum atomic E-state index is 5.96. The molecule has 4 nitrogen and oxygen atoms in total. The van der Waals surface area contributed by atoms with Crippen LogP contribution < -0.4 is 5.73 Å². The predicted molar refractivity (Wildman–Crippen MR) is 66.7 cm³/mol. The van der Waals surface area contributed by atoms with E-state index in [1.165, 1.54) is 5.56 Å². The van der Waals surface area contributed by atoms with Crippen LogP contribution >= 0.6 is 0 Å². The van der Waals surface area contributed by atoms with Crippen molar-refractivity contribution in [2.24, 2.45) is 0 Å². The molecular formula is C13H13N3O. The van der Waals surface area contributed by atoms with Crippen LogP contribution in [0.25, 0.3) is 11.0 Å². The molecule has 0 atom stereocenters. The zero-order valence-electron chi connectivity index (χ0n) is 9.55. The van der Waals surface area contributed by atoms with E-state index in [2.05, 4.69) is 18.0 Å². The van der Waals surface area contributed by atoms with Gasteiger partial charge in [-0.15, -0.1) is 0 Å². The van der Waals surface area contributed by atoms with E-state index in [-0.39, 0.29) is 0 Å². The lowest BCUT2D eigenvalue weighted by Crippen LogP contribution is -2.04. The van der Waals surface area contributed by atoms with Gasteiger partial charge in [-0.3, -0.25) is 0 Å². The molecule has 0 aliphatic rings. The van der Waals surface area contributed by atoms with Crippen molar-refractivity contribution in [3.05, 3.63) is 47.9 Å². The fraction of sp³-hybridized carbons (Fsp3) is 0.154. The molecule has 0 saturated heterocycles. The second-order valence-corrected chi connectivity index (χ2v) is 4.13. The van der Waals surface area contributed by atoms with Gasteiger partial charge in [0.1, 0.15) is 0 Å². The number of para-hydroxylation sites is 1. The van der Waals surface area contributed by atoms with Crippen LogP contribution in [0.3, 0.4) is 0 Å². The van der Waals surface area contributed by atoms with Crippen molar-refractivity contribution >= 4 is 17.0 Å². The number of aryl methyl sites for hydroxylation is 1. The minimum atomic E-state index is 0.538. The molecule has 4 heteroatoms. The minimum absolute atomic E-state index is 0.538. The summed E-state index contributed by atoms with van der Waals surface area (Å²) in [5.74, 6) is 0.538. The molecule has 0 fully saturated rings. The number of rotatable bonds is 2. The van der Waals surface area contributed by atoms with Crippen LogP contribution in [-0.4, -0.2) is 9.55 Å². The SMILES string of the molecule is Cc1cccc2nc(N)n(Cc3ccoc3)c12. The molecule has 2 heterocycles. The van der Waals surface area contributed by atoms with E-state index in [0.29, 0.717) is 12.5 Å². The van der Waals surface area contributed by atoms with Crippen molar-refractivity contribution in [3.8, 4) is 0 Å². The van der Waals surface area contributed by atoms with Crippen molar-refractivity contribution in [3.63, 3.8) is 0 Å². The highest BCUT2D eigenvalue weighted by Crippen LogP contribution is 2.22. The van der Waals surface area contributed by atoms with Gasteiger partial charge in [0.15, 0.2) is 0 Å². The van der Waals surface area contributed by atoms with E-state index in [0.717, 1.165) is 16.6 Å². The normalized spacial score (nSPS) is 11.1. The molecule has 2 N–H and O–H groups in total. The molecule has 0 bridgehead atoms. The molecule has 1 aromatic carbocycles. The van der Waals surface area contributed by atoms with Gasteiger partial charge in [0, 0.05) is 5.56 Å². The van der Waals surface area contributed by atoms with Crippen molar-refractivity contribution in [2.75, 3.05) is 5.73 Å². The van der Waals surface area contributed by atoms with E-state index < -0.39 is 0 Å². The number of nitrogens with two attached hydrogens (primary N) is 1. The van der Waals surface area contributed by atoms with Gasteiger partial charge in [0.05, 0.1) is 30.1 Å². The van der Waals surface area contributed by atoms with Gasteiger partial charge in [0.25, 0.3) is 0 Å². The smallest absolute Gasteiger partial charge is 0.201 e. The molecule has 3 aromatic rings. The highest BCUT2D eigenvalue weighted by Gasteiger charge is 2.10. The average molecular weight is 227 g/mol. The van der Waals surface area contributed by atoms with Gasteiger partial charge < -0.3 is 14.7 Å². The van der Waals surface area contributed by atoms with E-state index >= 15 is 0 Å². The van der Waals surface area contributed by atoms with E-state index in [4.69, 9.17) is 10.2 Å². The molecule has 2 aromatic heterocycles. The standard InChI is InChI=1S/C13H13N3O/c1-9-3-2-4-11-12(9)16(13(14)15-11)7-10-5-6-17-8-10/h2-6,8H,7H2,1H3,(H2,14,15). The maximum absolute atomic E-state index is 5.96. The molecule has 0 amide bonds. The fourth-order valence-electron chi connectivity index (χ4n) is 2.11. The average Bonchev–Trinajstić information content (AvgIpc) is 2.89. The highest BCUT2D eigenvalue weighted by molar-refractivity contribution is 5.81. The minimum Gasteiger partial charge on any atom is -0.472 e. The Kier molecular flexibility index (Phi) is 2.14. The van der Waals surface area contributed by atoms with Crippen molar-refractivity contribution in [1.82, 2.24) is 9.55 Å². The number of hydrogen-bond acceptors (Lipinski definition) is 3. The largest absolute Gasteiger partial charge is 0.472 e. The number of nitrogens with zero attached hydrogens (tertiary/aromatic N) is 2. The summed E-state index contributed by atoms with van der Waals surface area (Å²) in [5, 5.41) is 0. The molecule has 0 aliphatic carbocycles. The number of hydrogen-bond donors (Lipinski definition) is 1. The lowest BCUT2D eigenvalue weighted by atomic mass is 10.2. The number of aromatic nitrogens is 2. The summed E-state index contributed by atoms with van der Waals surface area (Å²) >= 11 is 0. The third kappa shape index (κ3) is 1.58.